The minimum Gasteiger partial charge on any atom is -0.507 e. The molecule has 0 bridgehead atoms. The lowest BCUT2D eigenvalue weighted by atomic mass is 10.0. The first kappa shape index (κ1) is 20.3. The number of hydrogen-bond donors (Lipinski definition) is 2. The van der Waals surface area contributed by atoms with Gasteiger partial charge < -0.3 is 19.7 Å². The van der Waals surface area contributed by atoms with Crippen molar-refractivity contribution in [3.8, 4) is 5.75 Å². The van der Waals surface area contributed by atoms with E-state index >= 15 is 0 Å². The number of nitrogens with zero attached hydrogens (tertiary/aromatic N) is 1. The maximum Gasteiger partial charge on any atom is 0.228 e. The Kier molecular flexibility index (Phi) is 5.70. The lowest BCUT2D eigenvalue weighted by molar-refractivity contribution is 0.0951. The maximum atomic E-state index is 12.8. The number of ketones is 2. The fraction of sp³-hybridized carbons (Fsp3) is 0.333. The average molecular weight is 406 g/mol. The Morgan fingerprint density at radius 3 is 2.73 bits per heavy atom. The van der Waals surface area contributed by atoms with Crippen LogP contribution in [0.3, 0.4) is 0 Å². The third kappa shape index (κ3) is 4.01. The monoisotopic (exact) mass is 406 g/mol. The summed E-state index contributed by atoms with van der Waals surface area (Å²) < 4.78 is 5.76. The molecule has 0 radical (unpaired) electrons. The van der Waals surface area contributed by atoms with E-state index in [1.165, 1.54) is 6.07 Å². The molecule has 2 aromatic carbocycles. The first-order valence-electron chi connectivity index (χ1n) is 10.3. The van der Waals surface area contributed by atoms with Crippen LogP contribution in [0.25, 0.3) is 11.0 Å². The largest absolute Gasteiger partial charge is 0.507 e. The van der Waals surface area contributed by atoms with Crippen molar-refractivity contribution in [1.82, 2.24) is 10.2 Å². The Hall–Kier alpha value is -2.96. The number of Topliss-reactive ketones (excluding diaryl/α,β-unsaturated/α-hetero) is 1. The van der Waals surface area contributed by atoms with Crippen LogP contribution in [-0.4, -0.2) is 53.8 Å². The predicted molar refractivity (Wildman–Crippen MR) is 115 cm³/mol. The van der Waals surface area contributed by atoms with Gasteiger partial charge in [-0.25, -0.2) is 0 Å². The van der Waals surface area contributed by atoms with Crippen molar-refractivity contribution in [2.45, 2.75) is 26.3 Å². The number of carbonyl (C=O) groups is 2. The number of rotatable bonds is 6. The molecule has 30 heavy (non-hydrogen) atoms. The number of furan rings is 1. The molecule has 3 aromatic rings. The second kappa shape index (κ2) is 8.42. The SMILES string of the molecule is Cc1c(C(=O)c2ccccc2)oc2cc(O)c(C(=O)CCN3CCNC(C)C3)cc12. The van der Waals surface area contributed by atoms with Gasteiger partial charge in [-0.1, -0.05) is 30.3 Å². The summed E-state index contributed by atoms with van der Waals surface area (Å²) in [5, 5.41) is 14.5. The molecule has 6 nitrogen and oxygen atoms in total. The molecule has 0 spiro atoms. The summed E-state index contributed by atoms with van der Waals surface area (Å²) in [7, 11) is 0. The van der Waals surface area contributed by atoms with Gasteiger partial charge >= 0.3 is 0 Å². The van der Waals surface area contributed by atoms with Crippen LogP contribution in [0.2, 0.25) is 0 Å². The number of carbonyl (C=O) groups excluding carboxylic acids is 2. The van der Waals surface area contributed by atoms with E-state index < -0.39 is 0 Å². The molecule has 1 unspecified atom stereocenters. The number of piperazine rings is 1. The van der Waals surface area contributed by atoms with Crippen LogP contribution in [0.15, 0.2) is 46.9 Å². The van der Waals surface area contributed by atoms with Crippen molar-refractivity contribution in [3.05, 3.63) is 64.9 Å². The quantitative estimate of drug-likeness (QED) is 0.609. The zero-order chi connectivity index (χ0) is 21.3. The van der Waals surface area contributed by atoms with Crippen molar-refractivity contribution in [2.75, 3.05) is 26.2 Å². The van der Waals surface area contributed by atoms with Crippen molar-refractivity contribution >= 4 is 22.5 Å². The average Bonchev–Trinajstić information content (AvgIpc) is 3.07. The van der Waals surface area contributed by atoms with E-state index in [0.717, 1.165) is 19.6 Å². The molecule has 156 valence electrons. The minimum absolute atomic E-state index is 0.114. The van der Waals surface area contributed by atoms with Gasteiger partial charge in [0, 0.05) is 61.2 Å². The Morgan fingerprint density at radius 2 is 2.00 bits per heavy atom. The molecular formula is C24H26N2O4. The topological polar surface area (TPSA) is 82.8 Å². The summed E-state index contributed by atoms with van der Waals surface area (Å²) in [5.74, 6) is -0.217. The summed E-state index contributed by atoms with van der Waals surface area (Å²) in [5.41, 5.74) is 1.87. The molecule has 2 heterocycles. The van der Waals surface area contributed by atoms with Gasteiger partial charge in [-0.15, -0.1) is 0 Å². The van der Waals surface area contributed by atoms with Crippen LogP contribution in [-0.2, 0) is 0 Å². The smallest absolute Gasteiger partial charge is 0.228 e. The molecule has 1 fully saturated rings. The van der Waals surface area contributed by atoms with Crippen LogP contribution in [0.5, 0.6) is 5.75 Å². The van der Waals surface area contributed by atoms with Crippen molar-refractivity contribution in [3.63, 3.8) is 0 Å². The molecule has 4 rings (SSSR count). The van der Waals surface area contributed by atoms with Gasteiger partial charge in [0.1, 0.15) is 11.3 Å². The third-order valence-electron chi connectivity index (χ3n) is 5.71. The fourth-order valence-electron chi connectivity index (χ4n) is 4.03. The number of benzene rings is 2. The van der Waals surface area contributed by atoms with Gasteiger partial charge in [-0.05, 0) is 19.9 Å². The van der Waals surface area contributed by atoms with Gasteiger partial charge in [0.25, 0.3) is 0 Å². The third-order valence-corrected chi connectivity index (χ3v) is 5.71. The number of aryl methyl sites for hydroxylation is 1. The Balaban J connectivity index is 1.57. The van der Waals surface area contributed by atoms with Crippen LogP contribution in [0.4, 0.5) is 0 Å². The zero-order valence-corrected chi connectivity index (χ0v) is 17.3. The maximum absolute atomic E-state index is 12.8. The van der Waals surface area contributed by atoms with Crippen LogP contribution in [0.1, 0.15) is 45.4 Å². The number of phenols is 1. The van der Waals surface area contributed by atoms with Gasteiger partial charge in [-0.3, -0.25) is 9.59 Å². The first-order chi connectivity index (χ1) is 14.4. The lowest BCUT2D eigenvalue weighted by Crippen LogP contribution is -2.49. The summed E-state index contributed by atoms with van der Waals surface area (Å²) in [4.78, 5) is 27.9. The molecule has 2 N–H and O–H groups in total. The molecule has 1 saturated heterocycles. The summed E-state index contributed by atoms with van der Waals surface area (Å²) in [6.07, 6.45) is 0.332. The lowest BCUT2D eigenvalue weighted by Gasteiger charge is -2.31. The molecule has 1 aliphatic rings. The summed E-state index contributed by atoms with van der Waals surface area (Å²) in [6, 6.07) is 12.4. The van der Waals surface area contributed by atoms with Gasteiger partial charge in [0.15, 0.2) is 11.5 Å². The highest BCUT2D eigenvalue weighted by Crippen LogP contribution is 2.33. The highest BCUT2D eigenvalue weighted by Gasteiger charge is 2.23. The Morgan fingerprint density at radius 1 is 1.23 bits per heavy atom. The molecular weight excluding hydrogens is 380 g/mol. The van der Waals surface area contributed by atoms with Crippen LogP contribution >= 0.6 is 0 Å². The Labute approximate surface area is 175 Å². The van der Waals surface area contributed by atoms with E-state index in [1.807, 2.05) is 6.07 Å². The molecule has 1 aromatic heterocycles. The van der Waals surface area contributed by atoms with E-state index in [9.17, 15) is 14.7 Å². The molecule has 1 atom stereocenters. The number of aromatic hydroxyl groups is 1. The van der Waals surface area contributed by atoms with Gasteiger partial charge in [0.05, 0.1) is 5.56 Å². The molecule has 0 aliphatic carbocycles. The second-order valence-electron chi connectivity index (χ2n) is 7.95. The summed E-state index contributed by atoms with van der Waals surface area (Å²) in [6.45, 7) is 7.32. The van der Waals surface area contributed by atoms with Gasteiger partial charge in [0.2, 0.25) is 5.78 Å². The predicted octanol–water partition coefficient (Wildman–Crippen LogP) is 3.54. The van der Waals surface area contributed by atoms with Crippen molar-refractivity contribution < 1.29 is 19.1 Å². The van der Waals surface area contributed by atoms with E-state index in [1.54, 1.807) is 37.3 Å². The minimum atomic E-state index is -0.218. The molecule has 0 amide bonds. The van der Waals surface area contributed by atoms with Gasteiger partial charge in [-0.2, -0.15) is 0 Å². The number of hydrogen-bond acceptors (Lipinski definition) is 6. The highest BCUT2D eigenvalue weighted by atomic mass is 16.3. The van der Waals surface area contributed by atoms with Crippen molar-refractivity contribution in [1.29, 1.82) is 0 Å². The fourth-order valence-corrected chi connectivity index (χ4v) is 4.03. The van der Waals surface area contributed by atoms with E-state index in [4.69, 9.17) is 4.42 Å². The van der Waals surface area contributed by atoms with Crippen molar-refractivity contribution in [2.24, 2.45) is 0 Å². The number of nitrogens with one attached hydrogen (secondary N) is 1. The molecule has 6 heteroatoms. The Bertz CT molecular complexity index is 1090. The standard InChI is InChI=1S/C24H26N2O4/c1-15-14-26(11-9-25-15)10-8-20(27)19-12-18-16(2)24(30-22(18)13-21(19)28)23(29)17-6-4-3-5-7-17/h3-7,12-13,15,25,28H,8-11,14H2,1-2H3. The van der Waals surface area contributed by atoms with E-state index in [2.05, 4.69) is 17.1 Å². The molecule has 1 aliphatic heterocycles. The highest BCUT2D eigenvalue weighted by molar-refractivity contribution is 6.11. The molecule has 0 saturated carbocycles. The number of phenolic OH excluding ortho intramolecular Hbond substituents is 1. The van der Waals surface area contributed by atoms with Crippen LogP contribution < -0.4 is 5.32 Å². The zero-order valence-electron chi connectivity index (χ0n) is 17.3. The second-order valence-corrected chi connectivity index (χ2v) is 7.95. The first-order valence-corrected chi connectivity index (χ1v) is 10.3. The number of fused-ring (bicyclic) bond motifs is 1. The van der Waals surface area contributed by atoms with E-state index in [0.29, 0.717) is 41.1 Å². The van der Waals surface area contributed by atoms with E-state index in [-0.39, 0.29) is 28.6 Å². The summed E-state index contributed by atoms with van der Waals surface area (Å²) >= 11 is 0. The van der Waals surface area contributed by atoms with Crippen LogP contribution in [0, 0.1) is 6.92 Å². The normalized spacial score (nSPS) is 17.3.